The molecule has 1 aromatic heterocycles. The summed E-state index contributed by atoms with van der Waals surface area (Å²) >= 11 is 8.81. The van der Waals surface area contributed by atoms with E-state index in [0.29, 0.717) is 17.3 Å². The molecule has 3 heterocycles. The van der Waals surface area contributed by atoms with Crippen LogP contribution in [-0.2, 0) is 0 Å². The lowest BCUT2D eigenvalue weighted by molar-refractivity contribution is 0.128. The predicted molar refractivity (Wildman–Crippen MR) is 156 cm³/mol. The molecule has 0 bridgehead atoms. The fraction of sp³-hybridized carbons (Fsp3) is 0.536. The van der Waals surface area contributed by atoms with Gasteiger partial charge in [-0.15, -0.1) is 0 Å². The smallest absolute Gasteiger partial charge is 0.154 e. The number of aromatic amines is 1. The average molecular weight is 525 g/mol. The number of halogens is 1. The van der Waals surface area contributed by atoms with E-state index in [2.05, 4.69) is 68.0 Å². The Kier molecular flexibility index (Phi) is 7.08. The summed E-state index contributed by atoms with van der Waals surface area (Å²) in [5.74, 6) is 0. The number of nitrogens with zero attached hydrogens (tertiary/aromatic N) is 4. The number of amidine groups is 1. The molecule has 8 heteroatoms. The highest BCUT2D eigenvalue weighted by Gasteiger charge is 2.37. The molecular formula is C28H37ClN6S. The number of benzene rings is 2. The van der Waals surface area contributed by atoms with Crippen LogP contribution in [0.3, 0.4) is 0 Å². The van der Waals surface area contributed by atoms with Crippen molar-refractivity contribution in [3.8, 4) is 0 Å². The molecule has 192 valence electrons. The number of para-hydroxylation sites is 1. The van der Waals surface area contributed by atoms with Gasteiger partial charge in [0.1, 0.15) is 0 Å². The first-order valence-corrected chi connectivity index (χ1v) is 14.8. The van der Waals surface area contributed by atoms with Gasteiger partial charge in [0.2, 0.25) is 0 Å². The highest BCUT2D eigenvalue weighted by atomic mass is 35.5. The van der Waals surface area contributed by atoms with Gasteiger partial charge in [-0.3, -0.25) is 14.8 Å². The van der Waals surface area contributed by atoms with E-state index < -0.39 is 0 Å². The van der Waals surface area contributed by atoms with E-state index in [1.807, 2.05) is 11.8 Å². The average Bonchev–Trinajstić information content (AvgIpc) is 3.46. The zero-order valence-electron chi connectivity index (χ0n) is 21.1. The lowest BCUT2D eigenvalue weighted by Crippen LogP contribution is -2.50. The van der Waals surface area contributed by atoms with Crippen LogP contribution in [0, 0.1) is 0 Å². The maximum absolute atomic E-state index is 7.00. The van der Waals surface area contributed by atoms with Crippen molar-refractivity contribution in [2.45, 2.75) is 49.9 Å². The van der Waals surface area contributed by atoms with Crippen LogP contribution >= 0.6 is 23.4 Å². The molecule has 3 aliphatic rings. The standard InChI is InChI=1S/C28H37ClN6S/c1-2-11-34(19-7-8-22-25(18-19)36-28(30)32-22)15-12-33-13-16-35(17-14-33)24-10-9-23-26(27(24)29)20-5-3-4-6-21(20)31-23/h3-6,9-10,19,22,25,31H,2,7-8,11-18H2,1H3,(H2,30,32). The van der Waals surface area contributed by atoms with Crippen molar-refractivity contribution in [1.29, 1.82) is 0 Å². The molecule has 0 amide bonds. The molecule has 36 heavy (non-hydrogen) atoms. The van der Waals surface area contributed by atoms with Gasteiger partial charge in [-0.05, 0) is 50.4 Å². The number of thioether (sulfide) groups is 1. The Balaban J connectivity index is 1.07. The second kappa shape index (κ2) is 10.4. The molecular weight excluding hydrogens is 488 g/mol. The van der Waals surface area contributed by atoms with E-state index in [4.69, 9.17) is 17.3 Å². The van der Waals surface area contributed by atoms with Crippen molar-refractivity contribution >= 4 is 56.0 Å². The molecule has 0 spiro atoms. The number of aromatic nitrogens is 1. The molecule has 3 N–H and O–H groups in total. The van der Waals surface area contributed by atoms with E-state index in [-0.39, 0.29) is 0 Å². The van der Waals surface area contributed by atoms with Gasteiger partial charge in [-0.25, -0.2) is 0 Å². The van der Waals surface area contributed by atoms with Crippen LogP contribution in [-0.4, -0.2) is 83.1 Å². The molecule has 2 aliphatic heterocycles. The minimum atomic E-state index is 0.457. The van der Waals surface area contributed by atoms with Crippen molar-refractivity contribution in [2.75, 3.05) is 50.7 Å². The molecule has 1 saturated heterocycles. The molecule has 6 nitrogen and oxygen atoms in total. The van der Waals surface area contributed by atoms with Gasteiger partial charge in [-0.2, -0.15) is 0 Å². The summed E-state index contributed by atoms with van der Waals surface area (Å²) in [6.45, 7) is 9.97. The minimum absolute atomic E-state index is 0.457. The second-order valence-corrected chi connectivity index (χ2v) is 12.2. The second-order valence-electron chi connectivity index (χ2n) is 10.5. The third-order valence-electron chi connectivity index (χ3n) is 8.33. The Bertz CT molecular complexity index is 1250. The van der Waals surface area contributed by atoms with Crippen LogP contribution in [0.15, 0.2) is 41.4 Å². The lowest BCUT2D eigenvalue weighted by atomic mass is 9.90. The molecule has 3 atom stereocenters. The van der Waals surface area contributed by atoms with Crippen LogP contribution in [0.25, 0.3) is 21.8 Å². The topological polar surface area (TPSA) is 63.9 Å². The maximum atomic E-state index is 7.00. The fourth-order valence-corrected chi connectivity index (χ4v) is 7.99. The number of piperazine rings is 1. The number of rotatable bonds is 7. The van der Waals surface area contributed by atoms with Crippen LogP contribution in [0.2, 0.25) is 5.02 Å². The summed E-state index contributed by atoms with van der Waals surface area (Å²) in [5.41, 5.74) is 9.43. The van der Waals surface area contributed by atoms with E-state index in [1.165, 1.54) is 37.6 Å². The Morgan fingerprint density at radius 3 is 2.75 bits per heavy atom. The van der Waals surface area contributed by atoms with Crippen LogP contribution < -0.4 is 10.6 Å². The van der Waals surface area contributed by atoms with Gasteiger partial charge >= 0.3 is 0 Å². The van der Waals surface area contributed by atoms with Crippen molar-refractivity contribution < 1.29 is 0 Å². The predicted octanol–water partition coefficient (Wildman–Crippen LogP) is 5.16. The van der Waals surface area contributed by atoms with Gasteiger partial charge in [0.15, 0.2) is 5.17 Å². The third-order valence-corrected chi connectivity index (χ3v) is 9.86. The lowest BCUT2D eigenvalue weighted by Gasteiger charge is -2.40. The number of nitrogens with one attached hydrogen (secondary N) is 1. The van der Waals surface area contributed by atoms with Gasteiger partial charge < -0.3 is 15.6 Å². The number of nitrogens with two attached hydrogens (primary N) is 1. The molecule has 2 aromatic carbocycles. The first kappa shape index (κ1) is 24.4. The fourth-order valence-electron chi connectivity index (χ4n) is 6.43. The Morgan fingerprint density at radius 2 is 1.92 bits per heavy atom. The number of H-pyrrole nitrogens is 1. The molecule has 0 radical (unpaired) electrons. The third kappa shape index (κ3) is 4.71. The van der Waals surface area contributed by atoms with Gasteiger partial charge in [0, 0.05) is 72.4 Å². The van der Waals surface area contributed by atoms with E-state index in [9.17, 15) is 0 Å². The Morgan fingerprint density at radius 1 is 1.08 bits per heavy atom. The highest BCUT2D eigenvalue weighted by molar-refractivity contribution is 8.14. The van der Waals surface area contributed by atoms with E-state index in [1.54, 1.807) is 0 Å². The SMILES string of the molecule is CCCN(CCN1CCN(c2ccc3[nH]c4ccccc4c3c2Cl)CC1)C1CCC2N=C(N)SC2C1. The first-order chi connectivity index (χ1) is 17.6. The van der Waals surface area contributed by atoms with Gasteiger partial charge in [-0.1, -0.05) is 48.5 Å². The summed E-state index contributed by atoms with van der Waals surface area (Å²) in [4.78, 5) is 16.0. The molecule has 1 saturated carbocycles. The number of fused-ring (bicyclic) bond motifs is 4. The molecule has 3 unspecified atom stereocenters. The minimum Gasteiger partial charge on any atom is -0.379 e. The molecule has 1 aliphatic carbocycles. The number of hydrogen-bond donors (Lipinski definition) is 2. The number of hydrogen-bond acceptors (Lipinski definition) is 6. The quantitative estimate of drug-likeness (QED) is 0.447. The van der Waals surface area contributed by atoms with Gasteiger partial charge in [0.25, 0.3) is 0 Å². The van der Waals surface area contributed by atoms with Gasteiger partial charge in [0.05, 0.1) is 16.8 Å². The highest BCUT2D eigenvalue weighted by Crippen LogP contribution is 2.39. The molecule has 2 fully saturated rings. The molecule has 6 rings (SSSR count). The summed E-state index contributed by atoms with van der Waals surface area (Å²) in [7, 11) is 0. The Hall–Kier alpha value is -1.93. The maximum Gasteiger partial charge on any atom is 0.154 e. The summed E-state index contributed by atoms with van der Waals surface area (Å²) in [6.07, 6.45) is 4.87. The van der Waals surface area contributed by atoms with Crippen LogP contribution in [0.4, 0.5) is 5.69 Å². The van der Waals surface area contributed by atoms with E-state index in [0.717, 1.165) is 71.6 Å². The zero-order chi connectivity index (χ0) is 24.6. The van der Waals surface area contributed by atoms with E-state index >= 15 is 0 Å². The summed E-state index contributed by atoms with van der Waals surface area (Å²) in [6, 6.07) is 13.9. The van der Waals surface area contributed by atoms with Crippen LogP contribution in [0.5, 0.6) is 0 Å². The Labute approximate surface area is 223 Å². The first-order valence-electron chi connectivity index (χ1n) is 13.5. The number of aliphatic imine (C=N–C) groups is 1. The largest absolute Gasteiger partial charge is 0.379 e. The summed E-state index contributed by atoms with van der Waals surface area (Å²) < 4.78 is 0. The van der Waals surface area contributed by atoms with Crippen LogP contribution in [0.1, 0.15) is 32.6 Å². The van der Waals surface area contributed by atoms with Crippen molar-refractivity contribution in [1.82, 2.24) is 14.8 Å². The van der Waals surface area contributed by atoms with Crippen molar-refractivity contribution in [3.05, 3.63) is 41.4 Å². The monoisotopic (exact) mass is 524 g/mol. The normalized spacial score (nSPS) is 25.1. The zero-order valence-corrected chi connectivity index (χ0v) is 22.7. The van der Waals surface area contributed by atoms with Crippen molar-refractivity contribution in [2.24, 2.45) is 10.7 Å². The summed E-state index contributed by atoms with van der Waals surface area (Å²) in [5, 5.41) is 4.61. The molecule has 3 aromatic rings. The number of anilines is 1. The van der Waals surface area contributed by atoms with Crippen molar-refractivity contribution in [3.63, 3.8) is 0 Å².